The molecule has 0 amide bonds. The van der Waals surface area contributed by atoms with Gasteiger partial charge in [0, 0.05) is 28.3 Å². The van der Waals surface area contributed by atoms with Gasteiger partial charge in [-0.1, -0.05) is 189 Å². The van der Waals surface area contributed by atoms with Gasteiger partial charge in [-0.2, -0.15) is 0 Å². The van der Waals surface area contributed by atoms with E-state index in [2.05, 4.69) is 216 Å². The van der Waals surface area contributed by atoms with Crippen molar-refractivity contribution in [1.82, 2.24) is 0 Å². The van der Waals surface area contributed by atoms with Crippen LogP contribution in [0.15, 0.2) is 206 Å². The van der Waals surface area contributed by atoms with Gasteiger partial charge in [0.25, 0.3) is 0 Å². The van der Waals surface area contributed by atoms with E-state index < -0.39 is 5.41 Å². The van der Waals surface area contributed by atoms with Crippen LogP contribution in [0.1, 0.15) is 65.8 Å². The largest absolute Gasteiger partial charge is 0.376 e. The fourth-order valence-electron chi connectivity index (χ4n) is 12.8. The molecule has 3 heteroatoms. The number of hydrogen-bond donors (Lipinski definition) is 0. The first kappa shape index (κ1) is 36.2. The summed E-state index contributed by atoms with van der Waals surface area (Å²) in [6.07, 6.45) is 6.40. The predicted molar refractivity (Wildman–Crippen MR) is 268 cm³/mol. The van der Waals surface area contributed by atoms with E-state index in [-0.39, 0.29) is 6.85 Å². The number of rotatable bonds is 4. The Morgan fingerprint density at radius 2 is 1.02 bits per heavy atom. The van der Waals surface area contributed by atoms with Crippen LogP contribution in [0.3, 0.4) is 0 Å². The second kappa shape index (κ2) is 13.8. The molecule has 64 heavy (non-hydrogen) atoms. The van der Waals surface area contributed by atoms with Gasteiger partial charge in [-0.05, 0) is 133 Å². The Kier molecular flexibility index (Phi) is 7.81. The average molecular weight is 817 g/mol. The molecule has 9 aromatic carbocycles. The van der Waals surface area contributed by atoms with Gasteiger partial charge in [-0.15, -0.1) is 0 Å². The summed E-state index contributed by atoms with van der Waals surface area (Å²) < 4.78 is 0. The average Bonchev–Trinajstić information content (AvgIpc) is 3.67. The number of para-hydroxylation sites is 2. The molecule has 0 unspecified atom stereocenters. The van der Waals surface area contributed by atoms with Crippen LogP contribution in [-0.4, -0.2) is 6.85 Å². The van der Waals surface area contributed by atoms with Crippen LogP contribution in [0.4, 0.5) is 28.4 Å². The summed E-state index contributed by atoms with van der Waals surface area (Å²) in [5, 5.41) is 0. The maximum atomic E-state index is 2.71. The SMILES string of the molecule is c1ccc(-c2cccc(N3B4c5cccc6c5N(c5ccccc5C65c6ccccc6-c6ccccc65)c5cc(C6CCCCC6)cc(c54)-c4cc(-c5ccccc5)ccc43)c2)cc1. The van der Waals surface area contributed by atoms with E-state index in [1.807, 2.05) is 0 Å². The summed E-state index contributed by atoms with van der Waals surface area (Å²) in [5.74, 6) is 0.534. The van der Waals surface area contributed by atoms with Crippen molar-refractivity contribution in [1.29, 1.82) is 0 Å². The van der Waals surface area contributed by atoms with Crippen molar-refractivity contribution in [3.63, 3.8) is 0 Å². The van der Waals surface area contributed by atoms with Crippen LogP contribution in [0.2, 0.25) is 0 Å². The molecule has 0 N–H and O–H groups in total. The van der Waals surface area contributed by atoms with E-state index in [1.165, 1.54) is 144 Å². The van der Waals surface area contributed by atoms with Crippen molar-refractivity contribution in [3.8, 4) is 44.5 Å². The van der Waals surface area contributed by atoms with Crippen molar-refractivity contribution in [2.75, 3.05) is 9.71 Å². The zero-order valence-electron chi connectivity index (χ0n) is 35.7. The lowest BCUT2D eigenvalue weighted by atomic mass is 9.42. The molecule has 3 aliphatic heterocycles. The Morgan fingerprint density at radius 3 is 1.75 bits per heavy atom. The first-order valence-electron chi connectivity index (χ1n) is 23.3. The van der Waals surface area contributed by atoms with E-state index in [0.717, 1.165) is 0 Å². The molecular formula is C61H45BN2. The lowest BCUT2D eigenvalue weighted by Gasteiger charge is -2.51. The molecule has 3 heterocycles. The van der Waals surface area contributed by atoms with Crippen molar-refractivity contribution >= 4 is 46.2 Å². The van der Waals surface area contributed by atoms with Gasteiger partial charge in [0.15, 0.2) is 0 Å². The molecule has 1 saturated carbocycles. The fourth-order valence-corrected chi connectivity index (χ4v) is 12.8. The summed E-state index contributed by atoms with van der Waals surface area (Å²) in [6, 6.07) is 78.7. The van der Waals surface area contributed by atoms with Crippen LogP contribution in [0.25, 0.3) is 44.5 Å². The lowest BCUT2D eigenvalue weighted by Crippen LogP contribution is -2.62. The molecule has 2 aliphatic carbocycles. The van der Waals surface area contributed by atoms with E-state index >= 15 is 0 Å². The van der Waals surface area contributed by atoms with E-state index in [0.29, 0.717) is 5.92 Å². The second-order valence-corrected chi connectivity index (χ2v) is 18.6. The quantitative estimate of drug-likeness (QED) is 0.163. The number of benzene rings is 9. The highest BCUT2D eigenvalue weighted by Gasteiger charge is 2.55. The van der Waals surface area contributed by atoms with E-state index in [9.17, 15) is 0 Å². The van der Waals surface area contributed by atoms with Gasteiger partial charge in [0.1, 0.15) is 0 Å². The molecule has 5 aliphatic rings. The van der Waals surface area contributed by atoms with Gasteiger partial charge in [0.2, 0.25) is 0 Å². The highest BCUT2D eigenvalue weighted by atomic mass is 15.2. The molecule has 0 radical (unpaired) electrons. The maximum Gasteiger partial charge on any atom is 0.333 e. The Labute approximate surface area is 376 Å². The zero-order valence-corrected chi connectivity index (χ0v) is 35.7. The van der Waals surface area contributed by atoms with Crippen LogP contribution < -0.4 is 20.6 Å². The molecular weight excluding hydrogens is 771 g/mol. The molecule has 2 nitrogen and oxygen atoms in total. The first-order valence-corrected chi connectivity index (χ1v) is 23.3. The first-order chi connectivity index (χ1) is 31.8. The summed E-state index contributed by atoms with van der Waals surface area (Å²) in [6.45, 7) is -0.0769. The van der Waals surface area contributed by atoms with Crippen LogP contribution >= 0.6 is 0 Å². The Morgan fingerprint density at radius 1 is 0.406 bits per heavy atom. The third-order valence-electron chi connectivity index (χ3n) is 15.4. The third kappa shape index (κ3) is 4.93. The zero-order chi connectivity index (χ0) is 41.9. The van der Waals surface area contributed by atoms with Crippen LogP contribution in [-0.2, 0) is 5.41 Å². The Hall–Kier alpha value is -7.36. The van der Waals surface area contributed by atoms with Crippen molar-refractivity contribution in [2.24, 2.45) is 0 Å². The van der Waals surface area contributed by atoms with Gasteiger partial charge in [-0.3, -0.25) is 0 Å². The molecule has 302 valence electrons. The summed E-state index contributed by atoms with van der Waals surface area (Å²) in [7, 11) is 0. The second-order valence-electron chi connectivity index (χ2n) is 18.6. The number of fused-ring (bicyclic) bond motifs is 13. The lowest BCUT2D eigenvalue weighted by molar-refractivity contribution is 0.444. The van der Waals surface area contributed by atoms with Gasteiger partial charge in [-0.25, -0.2) is 0 Å². The molecule has 0 atom stereocenters. The summed E-state index contributed by atoms with van der Waals surface area (Å²) >= 11 is 0. The molecule has 1 spiro atoms. The van der Waals surface area contributed by atoms with Gasteiger partial charge >= 0.3 is 6.85 Å². The minimum atomic E-state index is -0.484. The summed E-state index contributed by atoms with van der Waals surface area (Å²) in [5.41, 5.74) is 25.8. The van der Waals surface area contributed by atoms with E-state index in [4.69, 9.17) is 0 Å². The highest BCUT2D eigenvalue weighted by Crippen LogP contribution is 2.64. The Balaban J connectivity index is 1.11. The maximum absolute atomic E-state index is 2.71. The molecule has 9 aromatic rings. The number of anilines is 5. The topological polar surface area (TPSA) is 6.48 Å². The van der Waals surface area contributed by atoms with Gasteiger partial charge in [0.05, 0.1) is 11.1 Å². The molecule has 1 fully saturated rings. The van der Waals surface area contributed by atoms with Crippen LogP contribution in [0.5, 0.6) is 0 Å². The minimum absolute atomic E-state index is 0.0769. The highest BCUT2D eigenvalue weighted by molar-refractivity contribution is 6.93. The monoisotopic (exact) mass is 816 g/mol. The normalized spacial score (nSPS) is 15.8. The smallest absolute Gasteiger partial charge is 0.333 e. The standard InChI is InChI=1S/C61H45BN2/c1-4-18-40(19-5-1)43-24-16-25-46(36-43)64-56-35-34-44(41-20-6-2-7-21-41)37-49(56)50-38-45(42-22-8-3-9-23-42)39-58-59(50)62(64)55-32-17-31-54-60(55)63(58)57-33-15-14-30-53(57)61(54)51-28-12-10-26-47(51)48-27-11-13-29-52(48)61/h1-2,4-7,10-21,24-39,42H,3,8-9,22-23H2. The van der Waals surface area contributed by atoms with E-state index in [1.54, 1.807) is 0 Å². The number of hydrogen-bond acceptors (Lipinski definition) is 2. The predicted octanol–water partition coefficient (Wildman–Crippen LogP) is 14.5. The molecule has 14 rings (SSSR count). The molecule has 0 saturated heterocycles. The molecule has 0 aromatic heterocycles. The molecule has 0 bridgehead atoms. The summed E-state index contributed by atoms with van der Waals surface area (Å²) in [4.78, 5) is 5.40. The minimum Gasteiger partial charge on any atom is -0.376 e. The van der Waals surface area contributed by atoms with Crippen molar-refractivity contribution in [3.05, 3.63) is 234 Å². The van der Waals surface area contributed by atoms with Crippen molar-refractivity contribution < 1.29 is 0 Å². The fraction of sp³-hybridized carbons (Fsp3) is 0.115. The third-order valence-corrected chi connectivity index (χ3v) is 15.4. The van der Waals surface area contributed by atoms with Gasteiger partial charge < -0.3 is 9.71 Å². The van der Waals surface area contributed by atoms with Crippen LogP contribution in [0, 0.1) is 0 Å². The Bertz CT molecular complexity index is 3300. The van der Waals surface area contributed by atoms with Crippen molar-refractivity contribution in [2.45, 2.75) is 43.4 Å². The number of nitrogens with zero attached hydrogens (tertiary/aromatic N) is 2.